The van der Waals surface area contributed by atoms with Crippen LogP contribution in [0.5, 0.6) is 0 Å². The van der Waals surface area contributed by atoms with Crippen molar-refractivity contribution in [2.75, 3.05) is 20.2 Å². The third-order valence-corrected chi connectivity index (χ3v) is 3.36. The zero-order valence-corrected chi connectivity index (χ0v) is 12.3. The number of aliphatic hydroxyl groups excluding tert-OH is 1. The van der Waals surface area contributed by atoms with Gasteiger partial charge in [0.15, 0.2) is 0 Å². The number of hydrogen-bond donors (Lipinski definition) is 1. The van der Waals surface area contributed by atoms with E-state index in [1.165, 1.54) is 12.1 Å². The lowest BCUT2D eigenvalue weighted by Crippen LogP contribution is -2.24. The first-order chi connectivity index (χ1) is 10.0. The van der Waals surface area contributed by atoms with Gasteiger partial charge >= 0.3 is 0 Å². The number of imidazole rings is 1. The van der Waals surface area contributed by atoms with Gasteiger partial charge in [-0.25, -0.2) is 9.37 Å². The molecular formula is C15H19FN4O. The number of likely N-dealkylation sites (N-methyl/N-ethyl adjacent to an activating group) is 1. The second kappa shape index (κ2) is 6.66. The van der Waals surface area contributed by atoms with Crippen LogP contribution in [0.1, 0.15) is 12.7 Å². The predicted octanol–water partition coefficient (Wildman–Crippen LogP) is 1.76. The molecule has 21 heavy (non-hydrogen) atoms. The summed E-state index contributed by atoms with van der Waals surface area (Å²) in [5, 5.41) is 18.0. The molecule has 112 valence electrons. The van der Waals surface area contributed by atoms with Crippen molar-refractivity contribution in [1.29, 1.82) is 5.26 Å². The van der Waals surface area contributed by atoms with E-state index in [1.54, 1.807) is 6.07 Å². The maximum atomic E-state index is 13.3. The molecule has 0 amide bonds. The molecule has 0 saturated carbocycles. The van der Waals surface area contributed by atoms with Crippen molar-refractivity contribution in [3.05, 3.63) is 29.8 Å². The highest BCUT2D eigenvalue weighted by Crippen LogP contribution is 2.20. The van der Waals surface area contributed by atoms with Crippen LogP contribution in [-0.4, -0.2) is 39.8 Å². The van der Waals surface area contributed by atoms with Crippen LogP contribution in [0.3, 0.4) is 0 Å². The van der Waals surface area contributed by atoms with Gasteiger partial charge in [-0.1, -0.05) is 0 Å². The maximum Gasteiger partial charge on any atom is 0.125 e. The Hall–Kier alpha value is -1.97. The van der Waals surface area contributed by atoms with Crippen LogP contribution in [-0.2, 0) is 13.1 Å². The zero-order chi connectivity index (χ0) is 15.4. The summed E-state index contributed by atoms with van der Waals surface area (Å²) in [6, 6.07) is 6.70. The van der Waals surface area contributed by atoms with Gasteiger partial charge in [0.2, 0.25) is 0 Å². The Morgan fingerprint density at radius 1 is 1.52 bits per heavy atom. The van der Waals surface area contributed by atoms with Gasteiger partial charge in [0.05, 0.1) is 36.2 Å². The first kappa shape index (κ1) is 15.4. The molecule has 6 heteroatoms. The van der Waals surface area contributed by atoms with Crippen molar-refractivity contribution < 1.29 is 9.50 Å². The number of fused-ring (bicyclic) bond motifs is 1. The molecule has 1 heterocycles. The molecule has 2 rings (SSSR count). The number of aromatic nitrogens is 2. The van der Waals surface area contributed by atoms with Gasteiger partial charge in [-0.3, -0.25) is 4.90 Å². The number of halogens is 1. The van der Waals surface area contributed by atoms with E-state index >= 15 is 0 Å². The summed E-state index contributed by atoms with van der Waals surface area (Å²) in [6.07, 6.45) is 0. The second-order valence-electron chi connectivity index (χ2n) is 5.26. The van der Waals surface area contributed by atoms with E-state index in [0.717, 1.165) is 11.3 Å². The standard InChI is InChI=1S/C15H19FN4O/c1-11(8-17)9-20-14-4-3-12(16)7-13(14)18-15(20)10-19(2)5-6-21/h3-4,7,11,21H,5-6,9-10H2,1-2H3. The Morgan fingerprint density at radius 3 is 2.95 bits per heavy atom. The minimum Gasteiger partial charge on any atom is -0.395 e. The van der Waals surface area contributed by atoms with E-state index in [1.807, 2.05) is 23.4 Å². The lowest BCUT2D eigenvalue weighted by Gasteiger charge is -2.16. The van der Waals surface area contributed by atoms with Crippen LogP contribution in [0.25, 0.3) is 11.0 Å². The van der Waals surface area contributed by atoms with E-state index in [0.29, 0.717) is 25.2 Å². The minimum atomic E-state index is -0.323. The number of aliphatic hydroxyl groups is 1. The van der Waals surface area contributed by atoms with Crippen LogP contribution in [0.4, 0.5) is 4.39 Å². The third-order valence-electron chi connectivity index (χ3n) is 3.36. The van der Waals surface area contributed by atoms with Gasteiger partial charge in [0, 0.05) is 19.2 Å². The molecule has 0 radical (unpaired) electrons. The van der Waals surface area contributed by atoms with Crippen LogP contribution >= 0.6 is 0 Å². The topological polar surface area (TPSA) is 65.1 Å². The molecule has 0 fully saturated rings. The fourth-order valence-electron chi connectivity index (χ4n) is 2.28. The Labute approximate surface area is 123 Å². The second-order valence-corrected chi connectivity index (χ2v) is 5.26. The van der Waals surface area contributed by atoms with Crippen molar-refractivity contribution >= 4 is 11.0 Å². The Morgan fingerprint density at radius 2 is 2.29 bits per heavy atom. The van der Waals surface area contributed by atoms with Gasteiger partial charge in [0.1, 0.15) is 11.6 Å². The number of rotatable bonds is 6. The lowest BCUT2D eigenvalue weighted by molar-refractivity contribution is 0.213. The summed E-state index contributed by atoms with van der Waals surface area (Å²) < 4.78 is 15.3. The summed E-state index contributed by atoms with van der Waals surface area (Å²) in [5.74, 6) is 0.291. The fourth-order valence-corrected chi connectivity index (χ4v) is 2.28. The van der Waals surface area contributed by atoms with E-state index in [9.17, 15) is 4.39 Å². The Balaban J connectivity index is 2.41. The normalized spacial score (nSPS) is 12.8. The third kappa shape index (κ3) is 3.57. The molecule has 5 nitrogen and oxygen atoms in total. The van der Waals surface area contributed by atoms with E-state index < -0.39 is 0 Å². The highest BCUT2D eigenvalue weighted by molar-refractivity contribution is 5.76. The van der Waals surface area contributed by atoms with Crippen molar-refractivity contribution in [3.8, 4) is 6.07 Å². The number of nitriles is 1. The Kier molecular flexibility index (Phi) is 4.89. The molecule has 0 bridgehead atoms. The molecule has 2 aromatic rings. The average molecular weight is 290 g/mol. The summed E-state index contributed by atoms with van der Waals surface area (Å²) in [7, 11) is 1.88. The molecule has 0 aliphatic heterocycles. The largest absolute Gasteiger partial charge is 0.395 e. The summed E-state index contributed by atoms with van der Waals surface area (Å²) in [4.78, 5) is 6.41. The SMILES string of the molecule is CC(C#N)Cn1c(CN(C)CCO)nc2cc(F)ccc21. The summed E-state index contributed by atoms with van der Waals surface area (Å²) >= 11 is 0. The molecule has 1 atom stereocenters. The lowest BCUT2D eigenvalue weighted by atomic mass is 10.2. The highest BCUT2D eigenvalue weighted by atomic mass is 19.1. The molecule has 1 aromatic carbocycles. The van der Waals surface area contributed by atoms with Crippen molar-refractivity contribution in [3.63, 3.8) is 0 Å². The van der Waals surface area contributed by atoms with Gasteiger partial charge < -0.3 is 9.67 Å². The molecular weight excluding hydrogens is 271 g/mol. The van der Waals surface area contributed by atoms with Crippen molar-refractivity contribution in [1.82, 2.24) is 14.5 Å². The molecule has 0 aliphatic rings. The average Bonchev–Trinajstić information content (AvgIpc) is 2.75. The molecule has 0 saturated heterocycles. The predicted molar refractivity (Wildman–Crippen MR) is 77.9 cm³/mol. The summed E-state index contributed by atoms with van der Waals surface area (Å²) in [6.45, 7) is 3.50. The number of hydrogen-bond acceptors (Lipinski definition) is 4. The van der Waals surface area contributed by atoms with Crippen molar-refractivity contribution in [2.45, 2.75) is 20.0 Å². The van der Waals surface area contributed by atoms with E-state index in [2.05, 4.69) is 11.1 Å². The van der Waals surface area contributed by atoms with Gasteiger partial charge in [-0.2, -0.15) is 5.26 Å². The summed E-state index contributed by atoms with van der Waals surface area (Å²) in [5.41, 5.74) is 1.42. The first-order valence-electron chi connectivity index (χ1n) is 6.89. The highest BCUT2D eigenvalue weighted by Gasteiger charge is 2.15. The maximum absolute atomic E-state index is 13.3. The zero-order valence-electron chi connectivity index (χ0n) is 12.3. The van der Waals surface area contributed by atoms with E-state index in [4.69, 9.17) is 10.4 Å². The van der Waals surface area contributed by atoms with Crippen LogP contribution in [0, 0.1) is 23.1 Å². The number of nitrogens with zero attached hydrogens (tertiary/aromatic N) is 4. The van der Waals surface area contributed by atoms with Crippen molar-refractivity contribution in [2.24, 2.45) is 5.92 Å². The molecule has 0 aliphatic carbocycles. The molecule has 0 spiro atoms. The minimum absolute atomic E-state index is 0.0694. The monoisotopic (exact) mass is 290 g/mol. The Bertz CT molecular complexity index is 661. The van der Waals surface area contributed by atoms with Gasteiger partial charge in [0.25, 0.3) is 0 Å². The molecule has 1 unspecified atom stereocenters. The van der Waals surface area contributed by atoms with Crippen LogP contribution in [0.15, 0.2) is 18.2 Å². The smallest absolute Gasteiger partial charge is 0.125 e. The van der Waals surface area contributed by atoms with Gasteiger partial charge in [-0.15, -0.1) is 0 Å². The van der Waals surface area contributed by atoms with E-state index in [-0.39, 0.29) is 18.3 Å². The van der Waals surface area contributed by atoms with Crippen LogP contribution in [0.2, 0.25) is 0 Å². The first-order valence-corrected chi connectivity index (χ1v) is 6.89. The fraction of sp³-hybridized carbons (Fsp3) is 0.467. The molecule has 1 N–H and O–H groups in total. The van der Waals surface area contributed by atoms with Crippen LogP contribution < -0.4 is 0 Å². The van der Waals surface area contributed by atoms with Gasteiger partial charge in [-0.05, 0) is 26.1 Å². The molecule has 1 aromatic heterocycles. The quantitative estimate of drug-likeness (QED) is 0.880. The number of benzene rings is 1.